The van der Waals surface area contributed by atoms with Crippen molar-refractivity contribution in [2.24, 2.45) is 4.99 Å². The SMILES string of the molecule is COc1ccc(N=Cc2ccc(N3CCOCC3)cc2)cc1. The first-order chi connectivity index (χ1) is 10.8. The second-order valence-electron chi connectivity index (χ2n) is 5.15. The molecule has 0 aromatic heterocycles. The standard InChI is InChI=1S/C18H20N2O2/c1-21-18-8-4-16(5-9-18)19-14-15-2-6-17(7-3-15)20-10-12-22-13-11-20/h2-9,14H,10-13H2,1H3. The van der Waals surface area contributed by atoms with Crippen molar-refractivity contribution in [2.45, 2.75) is 0 Å². The number of ether oxygens (including phenoxy) is 2. The summed E-state index contributed by atoms with van der Waals surface area (Å²) >= 11 is 0. The minimum Gasteiger partial charge on any atom is -0.497 e. The van der Waals surface area contributed by atoms with Gasteiger partial charge in [0.05, 0.1) is 26.0 Å². The van der Waals surface area contributed by atoms with Gasteiger partial charge in [-0.3, -0.25) is 4.99 Å². The van der Waals surface area contributed by atoms with Crippen LogP contribution in [0.5, 0.6) is 5.75 Å². The van der Waals surface area contributed by atoms with Gasteiger partial charge < -0.3 is 14.4 Å². The number of morpholine rings is 1. The lowest BCUT2D eigenvalue weighted by Crippen LogP contribution is -2.36. The molecular formula is C18H20N2O2. The molecule has 1 aliphatic heterocycles. The normalized spacial score (nSPS) is 15.2. The average Bonchev–Trinajstić information content (AvgIpc) is 2.61. The summed E-state index contributed by atoms with van der Waals surface area (Å²) in [4.78, 5) is 6.82. The Kier molecular flexibility index (Phi) is 4.71. The quantitative estimate of drug-likeness (QED) is 0.812. The minimum absolute atomic E-state index is 0.806. The van der Waals surface area contributed by atoms with Crippen LogP contribution in [0.4, 0.5) is 11.4 Å². The van der Waals surface area contributed by atoms with Crippen LogP contribution in [-0.2, 0) is 4.74 Å². The second-order valence-corrected chi connectivity index (χ2v) is 5.15. The maximum atomic E-state index is 5.38. The molecule has 0 radical (unpaired) electrons. The Hall–Kier alpha value is -2.33. The molecule has 0 amide bonds. The smallest absolute Gasteiger partial charge is 0.119 e. The summed E-state index contributed by atoms with van der Waals surface area (Å²) in [5.74, 6) is 0.841. The van der Waals surface area contributed by atoms with Gasteiger partial charge in [0.1, 0.15) is 5.75 Å². The van der Waals surface area contributed by atoms with Crippen molar-refractivity contribution in [3.8, 4) is 5.75 Å². The number of hydrogen-bond donors (Lipinski definition) is 0. The van der Waals surface area contributed by atoms with E-state index < -0.39 is 0 Å². The Morgan fingerprint density at radius 2 is 1.68 bits per heavy atom. The topological polar surface area (TPSA) is 34.1 Å². The second kappa shape index (κ2) is 7.09. The molecule has 1 heterocycles. The van der Waals surface area contributed by atoms with E-state index in [1.165, 1.54) is 5.69 Å². The Labute approximate surface area is 131 Å². The summed E-state index contributed by atoms with van der Waals surface area (Å²) in [6.45, 7) is 3.53. The molecule has 2 aromatic carbocycles. The summed E-state index contributed by atoms with van der Waals surface area (Å²) in [6, 6.07) is 16.2. The van der Waals surface area contributed by atoms with Crippen LogP contribution in [-0.4, -0.2) is 39.6 Å². The van der Waals surface area contributed by atoms with Gasteiger partial charge in [-0.2, -0.15) is 0 Å². The molecule has 0 aliphatic carbocycles. The number of benzene rings is 2. The largest absolute Gasteiger partial charge is 0.497 e. The molecule has 4 nitrogen and oxygen atoms in total. The predicted octanol–water partition coefficient (Wildman–Crippen LogP) is 3.28. The molecular weight excluding hydrogens is 276 g/mol. The third kappa shape index (κ3) is 3.65. The summed E-state index contributed by atoms with van der Waals surface area (Å²) in [5, 5.41) is 0. The molecule has 3 rings (SSSR count). The molecule has 0 spiro atoms. The van der Waals surface area contributed by atoms with Gasteiger partial charge in [0.15, 0.2) is 0 Å². The van der Waals surface area contributed by atoms with E-state index in [1.54, 1.807) is 7.11 Å². The number of nitrogens with zero attached hydrogens (tertiary/aromatic N) is 2. The van der Waals surface area contributed by atoms with Crippen LogP contribution in [0.25, 0.3) is 0 Å². The Balaban J connectivity index is 1.65. The van der Waals surface area contributed by atoms with Gasteiger partial charge in [0.25, 0.3) is 0 Å². The van der Waals surface area contributed by atoms with Crippen molar-refractivity contribution < 1.29 is 9.47 Å². The number of rotatable bonds is 4. The number of hydrogen-bond acceptors (Lipinski definition) is 4. The third-order valence-electron chi connectivity index (χ3n) is 3.70. The van der Waals surface area contributed by atoms with E-state index in [2.05, 4.69) is 34.2 Å². The van der Waals surface area contributed by atoms with E-state index in [-0.39, 0.29) is 0 Å². The minimum atomic E-state index is 0.806. The fraction of sp³-hybridized carbons (Fsp3) is 0.278. The van der Waals surface area contributed by atoms with Crippen LogP contribution in [0.1, 0.15) is 5.56 Å². The lowest BCUT2D eigenvalue weighted by molar-refractivity contribution is 0.122. The molecule has 0 unspecified atom stereocenters. The number of methoxy groups -OCH3 is 1. The molecule has 0 bridgehead atoms. The first-order valence-electron chi connectivity index (χ1n) is 7.46. The highest BCUT2D eigenvalue weighted by Gasteiger charge is 2.10. The van der Waals surface area contributed by atoms with E-state index in [1.807, 2.05) is 30.5 Å². The zero-order valence-corrected chi connectivity index (χ0v) is 12.7. The van der Waals surface area contributed by atoms with Gasteiger partial charge in [-0.05, 0) is 42.0 Å². The first kappa shape index (κ1) is 14.6. The Morgan fingerprint density at radius 1 is 1.00 bits per heavy atom. The van der Waals surface area contributed by atoms with Gasteiger partial charge >= 0.3 is 0 Å². The van der Waals surface area contributed by atoms with E-state index in [4.69, 9.17) is 9.47 Å². The van der Waals surface area contributed by atoms with E-state index in [9.17, 15) is 0 Å². The maximum Gasteiger partial charge on any atom is 0.119 e. The van der Waals surface area contributed by atoms with Gasteiger partial charge in [0.2, 0.25) is 0 Å². The fourth-order valence-electron chi connectivity index (χ4n) is 2.41. The molecule has 1 saturated heterocycles. The van der Waals surface area contributed by atoms with Gasteiger partial charge in [-0.15, -0.1) is 0 Å². The monoisotopic (exact) mass is 296 g/mol. The van der Waals surface area contributed by atoms with E-state index >= 15 is 0 Å². The van der Waals surface area contributed by atoms with Gasteiger partial charge in [-0.25, -0.2) is 0 Å². The summed E-state index contributed by atoms with van der Waals surface area (Å²) in [6.07, 6.45) is 1.88. The Morgan fingerprint density at radius 3 is 2.32 bits per heavy atom. The van der Waals surface area contributed by atoms with Crippen molar-refractivity contribution in [2.75, 3.05) is 38.3 Å². The van der Waals surface area contributed by atoms with Crippen molar-refractivity contribution in [3.05, 3.63) is 54.1 Å². The van der Waals surface area contributed by atoms with Crippen molar-refractivity contribution in [1.82, 2.24) is 0 Å². The van der Waals surface area contributed by atoms with Crippen LogP contribution in [0, 0.1) is 0 Å². The zero-order chi connectivity index (χ0) is 15.2. The van der Waals surface area contributed by atoms with Gasteiger partial charge in [-0.1, -0.05) is 12.1 Å². The van der Waals surface area contributed by atoms with E-state index in [0.717, 1.165) is 43.3 Å². The van der Waals surface area contributed by atoms with Crippen LogP contribution < -0.4 is 9.64 Å². The van der Waals surface area contributed by atoms with Crippen molar-refractivity contribution in [3.63, 3.8) is 0 Å². The van der Waals surface area contributed by atoms with Crippen molar-refractivity contribution in [1.29, 1.82) is 0 Å². The predicted molar refractivity (Wildman–Crippen MR) is 89.7 cm³/mol. The highest BCUT2D eigenvalue weighted by Crippen LogP contribution is 2.19. The first-order valence-corrected chi connectivity index (χ1v) is 7.46. The molecule has 1 aliphatic rings. The van der Waals surface area contributed by atoms with Gasteiger partial charge in [0, 0.05) is 25.0 Å². The summed E-state index contributed by atoms with van der Waals surface area (Å²) in [5.41, 5.74) is 3.25. The summed E-state index contributed by atoms with van der Waals surface area (Å²) < 4.78 is 10.5. The lowest BCUT2D eigenvalue weighted by Gasteiger charge is -2.28. The molecule has 2 aromatic rings. The average molecular weight is 296 g/mol. The molecule has 0 atom stereocenters. The molecule has 1 fully saturated rings. The Bertz CT molecular complexity index is 615. The molecule has 0 saturated carbocycles. The molecule has 0 N–H and O–H groups in total. The van der Waals surface area contributed by atoms with E-state index in [0.29, 0.717) is 0 Å². The summed E-state index contributed by atoms with van der Waals surface area (Å²) in [7, 11) is 1.66. The van der Waals surface area contributed by atoms with Crippen molar-refractivity contribution >= 4 is 17.6 Å². The highest BCUT2D eigenvalue weighted by atomic mass is 16.5. The molecule has 22 heavy (non-hydrogen) atoms. The molecule has 4 heteroatoms. The van der Waals surface area contributed by atoms with Crippen LogP contribution in [0.2, 0.25) is 0 Å². The highest BCUT2D eigenvalue weighted by molar-refractivity contribution is 5.82. The number of aliphatic imine (C=N–C) groups is 1. The lowest BCUT2D eigenvalue weighted by atomic mass is 10.2. The molecule has 114 valence electrons. The van der Waals surface area contributed by atoms with Crippen LogP contribution in [0.3, 0.4) is 0 Å². The third-order valence-corrected chi connectivity index (χ3v) is 3.70. The number of anilines is 1. The van der Waals surface area contributed by atoms with Crippen LogP contribution >= 0.6 is 0 Å². The fourth-order valence-corrected chi connectivity index (χ4v) is 2.41. The van der Waals surface area contributed by atoms with Crippen LogP contribution in [0.15, 0.2) is 53.5 Å². The zero-order valence-electron chi connectivity index (χ0n) is 12.7. The maximum absolute atomic E-state index is 5.38.